The maximum Gasteiger partial charge on any atom is 0.335 e. The molecular weight excluding hydrogens is 448 g/mol. The van der Waals surface area contributed by atoms with Crippen molar-refractivity contribution in [3.8, 4) is 16.9 Å². The van der Waals surface area contributed by atoms with Gasteiger partial charge in [-0.2, -0.15) is 0 Å². The Kier molecular flexibility index (Phi) is 5.83. The van der Waals surface area contributed by atoms with Crippen molar-refractivity contribution in [3.63, 3.8) is 0 Å². The molecular formula is C21H16BrF2NO4. The second-order valence-electron chi connectivity index (χ2n) is 6.44. The number of H-pyrrole nitrogens is 1. The maximum absolute atomic E-state index is 13.9. The zero-order valence-electron chi connectivity index (χ0n) is 15.5. The molecule has 0 aliphatic rings. The van der Waals surface area contributed by atoms with Crippen LogP contribution in [-0.2, 0) is 6.61 Å². The van der Waals surface area contributed by atoms with E-state index in [1.165, 1.54) is 12.1 Å². The molecule has 0 fully saturated rings. The molecule has 1 aromatic heterocycles. The van der Waals surface area contributed by atoms with Crippen LogP contribution in [0.1, 0.15) is 27.2 Å². The van der Waals surface area contributed by atoms with Crippen LogP contribution >= 0.6 is 15.9 Å². The summed E-state index contributed by atoms with van der Waals surface area (Å²) >= 11 is 3.24. The number of aromatic carboxylic acids is 1. The zero-order chi connectivity index (χ0) is 21.3. The summed E-state index contributed by atoms with van der Waals surface area (Å²) in [5.41, 5.74) is 2.55. The Labute approximate surface area is 173 Å². The monoisotopic (exact) mass is 463 g/mol. The van der Waals surface area contributed by atoms with Gasteiger partial charge in [0.2, 0.25) is 0 Å². The number of hydrogen-bond acceptors (Lipinski definition) is 3. The summed E-state index contributed by atoms with van der Waals surface area (Å²) in [5, 5.41) is 9.33. The molecule has 2 N–H and O–H groups in total. The normalized spacial score (nSPS) is 10.8. The number of carboxylic acid groups (broad SMARTS) is 1. The molecule has 8 heteroatoms. The van der Waals surface area contributed by atoms with Crippen LogP contribution in [-0.4, -0.2) is 16.1 Å². The van der Waals surface area contributed by atoms with E-state index in [9.17, 15) is 23.5 Å². The highest BCUT2D eigenvalue weighted by atomic mass is 79.9. The molecule has 0 spiro atoms. The summed E-state index contributed by atoms with van der Waals surface area (Å²) in [6, 6.07) is 7.59. The van der Waals surface area contributed by atoms with Gasteiger partial charge in [0.15, 0.2) is 11.6 Å². The molecule has 0 atom stereocenters. The number of nitrogens with one attached hydrogen (secondary N) is 1. The number of aromatic nitrogens is 1. The molecule has 0 bridgehead atoms. The molecule has 3 aromatic rings. The van der Waals surface area contributed by atoms with Crippen molar-refractivity contribution in [2.24, 2.45) is 0 Å². The van der Waals surface area contributed by atoms with E-state index in [2.05, 4.69) is 20.9 Å². The fourth-order valence-electron chi connectivity index (χ4n) is 3.03. The second kappa shape index (κ2) is 8.16. The minimum absolute atomic E-state index is 0.0868. The van der Waals surface area contributed by atoms with Gasteiger partial charge >= 0.3 is 5.97 Å². The maximum atomic E-state index is 13.9. The highest BCUT2D eigenvalue weighted by molar-refractivity contribution is 9.10. The molecule has 0 aliphatic heterocycles. The third kappa shape index (κ3) is 4.22. The number of halogens is 3. The molecule has 150 valence electrons. The summed E-state index contributed by atoms with van der Waals surface area (Å²) in [7, 11) is 0. The van der Waals surface area contributed by atoms with Gasteiger partial charge in [-0.15, -0.1) is 0 Å². The lowest BCUT2D eigenvalue weighted by atomic mass is 9.93. The van der Waals surface area contributed by atoms with Crippen molar-refractivity contribution in [1.82, 2.24) is 4.98 Å². The van der Waals surface area contributed by atoms with E-state index in [-0.39, 0.29) is 22.4 Å². The highest BCUT2D eigenvalue weighted by Gasteiger charge is 2.19. The van der Waals surface area contributed by atoms with Gasteiger partial charge in [0.25, 0.3) is 5.56 Å². The SMILES string of the molecule is Cc1ccc(C(=O)O)cc1-c1c(C)[nH]c(=O)c(Br)c1COc1ccc(F)cc1F. The molecule has 0 saturated carbocycles. The molecule has 29 heavy (non-hydrogen) atoms. The van der Waals surface area contributed by atoms with Crippen LogP contribution in [0.3, 0.4) is 0 Å². The van der Waals surface area contributed by atoms with Crippen LogP contribution < -0.4 is 10.3 Å². The van der Waals surface area contributed by atoms with Crippen molar-refractivity contribution in [3.05, 3.63) is 85.2 Å². The first-order valence-corrected chi connectivity index (χ1v) is 9.31. The minimum atomic E-state index is -1.08. The topological polar surface area (TPSA) is 79.4 Å². The quantitative estimate of drug-likeness (QED) is 0.559. The molecule has 0 saturated heterocycles. The Morgan fingerprint density at radius 1 is 1.17 bits per heavy atom. The van der Waals surface area contributed by atoms with Crippen LogP contribution in [0.15, 0.2) is 45.7 Å². The standard InChI is InChI=1S/C21H16BrF2NO4/c1-10-3-4-12(21(27)28)7-14(10)18-11(2)25-20(26)19(22)15(18)9-29-17-6-5-13(23)8-16(17)24/h3-8H,9H2,1-2H3,(H,25,26)(H,27,28). The van der Waals surface area contributed by atoms with E-state index in [1.807, 2.05) is 6.92 Å². The first-order valence-electron chi connectivity index (χ1n) is 8.52. The number of pyridine rings is 1. The number of benzene rings is 2. The van der Waals surface area contributed by atoms with E-state index in [0.717, 1.165) is 17.7 Å². The third-order valence-electron chi connectivity index (χ3n) is 4.46. The number of rotatable bonds is 5. The van der Waals surface area contributed by atoms with Crippen LogP contribution in [0.2, 0.25) is 0 Å². The number of aryl methyl sites for hydroxylation is 2. The van der Waals surface area contributed by atoms with Crippen LogP contribution in [0.5, 0.6) is 5.75 Å². The predicted molar refractivity (Wildman–Crippen MR) is 107 cm³/mol. The van der Waals surface area contributed by atoms with E-state index < -0.39 is 23.2 Å². The number of hydrogen-bond donors (Lipinski definition) is 2. The minimum Gasteiger partial charge on any atom is -0.486 e. The Morgan fingerprint density at radius 2 is 1.90 bits per heavy atom. The van der Waals surface area contributed by atoms with E-state index in [1.54, 1.807) is 13.0 Å². The number of carbonyl (C=O) groups is 1. The van der Waals surface area contributed by atoms with E-state index in [0.29, 0.717) is 28.5 Å². The molecule has 0 radical (unpaired) electrons. The Balaban J connectivity index is 2.14. The number of carboxylic acids is 1. The number of ether oxygens (including phenoxy) is 1. The average molecular weight is 464 g/mol. The summed E-state index contributed by atoms with van der Waals surface area (Å²) < 4.78 is 32.7. The summed E-state index contributed by atoms with van der Waals surface area (Å²) in [5.74, 6) is -2.85. The Bertz CT molecular complexity index is 1170. The highest BCUT2D eigenvalue weighted by Crippen LogP contribution is 2.33. The van der Waals surface area contributed by atoms with Crippen molar-refractivity contribution >= 4 is 21.9 Å². The van der Waals surface area contributed by atoms with E-state index >= 15 is 0 Å². The molecule has 0 amide bonds. The molecule has 2 aromatic carbocycles. The lowest BCUT2D eigenvalue weighted by Crippen LogP contribution is -2.15. The van der Waals surface area contributed by atoms with Gasteiger partial charge in [-0.3, -0.25) is 4.79 Å². The van der Waals surface area contributed by atoms with Crippen LogP contribution in [0.4, 0.5) is 8.78 Å². The molecule has 0 unspecified atom stereocenters. The van der Waals surface area contributed by atoms with Crippen molar-refractivity contribution in [2.45, 2.75) is 20.5 Å². The smallest absolute Gasteiger partial charge is 0.335 e. The summed E-state index contributed by atoms with van der Waals surface area (Å²) in [6.45, 7) is 3.29. The first kappa shape index (κ1) is 20.7. The lowest BCUT2D eigenvalue weighted by molar-refractivity contribution is 0.0697. The molecule has 1 heterocycles. The van der Waals surface area contributed by atoms with E-state index in [4.69, 9.17) is 4.74 Å². The zero-order valence-corrected chi connectivity index (χ0v) is 17.1. The van der Waals surface area contributed by atoms with Gasteiger partial charge in [0.05, 0.1) is 10.0 Å². The lowest BCUT2D eigenvalue weighted by Gasteiger charge is -2.17. The van der Waals surface area contributed by atoms with Crippen LogP contribution in [0, 0.1) is 25.5 Å². The fourth-order valence-corrected chi connectivity index (χ4v) is 3.44. The average Bonchev–Trinajstić information content (AvgIpc) is 2.65. The summed E-state index contributed by atoms with van der Waals surface area (Å²) in [4.78, 5) is 26.4. The molecule has 0 aliphatic carbocycles. The Morgan fingerprint density at radius 3 is 2.55 bits per heavy atom. The number of aromatic amines is 1. The molecule has 3 rings (SSSR count). The third-order valence-corrected chi connectivity index (χ3v) is 5.30. The Hall–Kier alpha value is -3.00. The van der Waals surface area contributed by atoms with Gasteiger partial charge in [0, 0.05) is 22.9 Å². The summed E-state index contributed by atoms with van der Waals surface area (Å²) in [6.07, 6.45) is 0. The van der Waals surface area contributed by atoms with Crippen molar-refractivity contribution in [1.29, 1.82) is 0 Å². The van der Waals surface area contributed by atoms with Gasteiger partial charge < -0.3 is 14.8 Å². The van der Waals surface area contributed by atoms with Gasteiger partial charge in [0.1, 0.15) is 12.4 Å². The largest absolute Gasteiger partial charge is 0.486 e. The molecule has 5 nitrogen and oxygen atoms in total. The fraction of sp³-hybridized carbons (Fsp3) is 0.143. The van der Waals surface area contributed by atoms with Gasteiger partial charge in [-0.05, 0) is 65.2 Å². The van der Waals surface area contributed by atoms with Crippen molar-refractivity contribution in [2.75, 3.05) is 0 Å². The first-order chi connectivity index (χ1) is 13.7. The predicted octanol–water partition coefficient (Wildman–Crippen LogP) is 4.98. The van der Waals surface area contributed by atoms with Gasteiger partial charge in [-0.1, -0.05) is 6.07 Å². The van der Waals surface area contributed by atoms with Crippen molar-refractivity contribution < 1.29 is 23.4 Å². The van der Waals surface area contributed by atoms with Crippen LogP contribution in [0.25, 0.3) is 11.1 Å². The second-order valence-corrected chi connectivity index (χ2v) is 7.24. The van der Waals surface area contributed by atoms with Gasteiger partial charge in [-0.25, -0.2) is 13.6 Å².